The van der Waals surface area contributed by atoms with E-state index in [2.05, 4.69) is 43.2 Å². The molecule has 2 aromatic rings. The summed E-state index contributed by atoms with van der Waals surface area (Å²) in [6.45, 7) is 8.68. The smallest absolute Gasteiger partial charge is 0.205 e. The van der Waals surface area contributed by atoms with Gasteiger partial charge in [0.25, 0.3) is 0 Å². The van der Waals surface area contributed by atoms with Crippen LogP contribution < -0.4 is 5.32 Å². The molecule has 6 heteroatoms. The van der Waals surface area contributed by atoms with Crippen LogP contribution in [-0.2, 0) is 0 Å². The van der Waals surface area contributed by atoms with Crippen LogP contribution in [0.25, 0.3) is 9.88 Å². The lowest BCUT2D eigenvalue weighted by atomic mass is 10.1. The fourth-order valence-corrected chi connectivity index (χ4v) is 3.56. The van der Waals surface area contributed by atoms with Gasteiger partial charge in [0, 0.05) is 13.0 Å². The monoisotopic (exact) mass is 282 g/mol. The number of anilines is 1. The fourth-order valence-electron chi connectivity index (χ4n) is 1.56. The van der Waals surface area contributed by atoms with Crippen molar-refractivity contribution in [3.8, 4) is 9.88 Å². The Hall–Kier alpha value is -1.01. The van der Waals surface area contributed by atoms with Gasteiger partial charge in [0.15, 0.2) is 5.01 Å². The minimum absolute atomic E-state index is 0.408. The van der Waals surface area contributed by atoms with E-state index < -0.39 is 0 Å². The Labute approximate surface area is 116 Å². The van der Waals surface area contributed by atoms with E-state index in [-0.39, 0.29) is 0 Å². The van der Waals surface area contributed by atoms with Crippen LogP contribution in [0.2, 0.25) is 0 Å². The van der Waals surface area contributed by atoms with Gasteiger partial charge in [0.1, 0.15) is 0 Å². The third-order valence-electron chi connectivity index (χ3n) is 2.54. The predicted molar refractivity (Wildman–Crippen MR) is 78.7 cm³/mol. The highest BCUT2D eigenvalue weighted by Gasteiger charge is 2.20. The van der Waals surface area contributed by atoms with Gasteiger partial charge in [-0.1, -0.05) is 39.0 Å². The largest absolute Gasteiger partial charge is 0.363 e. The van der Waals surface area contributed by atoms with E-state index in [4.69, 9.17) is 4.98 Å². The van der Waals surface area contributed by atoms with Gasteiger partial charge in [-0.3, -0.25) is 0 Å². The number of rotatable bonds is 4. The summed E-state index contributed by atoms with van der Waals surface area (Å²) in [7, 11) is 1.86. The van der Waals surface area contributed by atoms with Crippen LogP contribution in [0, 0.1) is 0 Å². The fraction of sp³-hybridized carbons (Fsp3) is 0.583. The molecule has 0 aromatic carbocycles. The quantitative estimate of drug-likeness (QED) is 0.922. The highest BCUT2D eigenvalue weighted by molar-refractivity contribution is 7.23. The van der Waals surface area contributed by atoms with Crippen LogP contribution in [0.4, 0.5) is 5.13 Å². The Balaban J connectivity index is 2.47. The van der Waals surface area contributed by atoms with Crippen LogP contribution in [0.5, 0.6) is 0 Å². The maximum Gasteiger partial charge on any atom is 0.205 e. The number of thiazole rings is 1. The van der Waals surface area contributed by atoms with Crippen LogP contribution in [0.3, 0.4) is 0 Å². The van der Waals surface area contributed by atoms with Crippen LogP contribution >= 0.6 is 22.7 Å². The SMILES string of the molecule is CNc1nnc(-c2sc(C(C)C)nc2C(C)C)s1. The molecule has 0 aliphatic rings. The zero-order valence-electron chi connectivity index (χ0n) is 11.3. The van der Waals surface area contributed by atoms with Crippen molar-refractivity contribution < 1.29 is 0 Å². The van der Waals surface area contributed by atoms with Gasteiger partial charge in [-0.25, -0.2) is 4.98 Å². The summed E-state index contributed by atoms with van der Waals surface area (Å²) < 4.78 is 0. The molecular weight excluding hydrogens is 264 g/mol. The molecule has 0 aliphatic carbocycles. The maximum absolute atomic E-state index is 4.76. The third kappa shape index (κ3) is 2.54. The lowest BCUT2D eigenvalue weighted by Gasteiger charge is -2.01. The number of hydrogen-bond donors (Lipinski definition) is 1. The first-order chi connectivity index (χ1) is 8.52. The van der Waals surface area contributed by atoms with Gasteiger partial charge in [-0.2, -0.15) is 0 Å². The number of nitrogens with one attached hydrogen (secondary N) is 1. The van der Waals surface area contributed by atoms with Crippen molar-refractivity contribution in [1.29, 1.82) is 0 Å². The highest BCUT2D eigenvalue weighted by Crippen LogP contribution is 2.38. The molecule has 0 radical (unpaired) electrons. The van der Waals surface area contributed by atoms with Gasteiger partial charge in [0.2, 0.25) is 5.13 Å². The number of aromatic nitrogens is 3. The molecular formula is C12H18N4S2. The van der Waals surface area contributed by atoms with Gasteiger partial charge in [0.05, 0.1) is 15.6 Å². The molecule has 0 spiro atoms. The molecule has 98 valence electrons. The third-order valence-corrected chi connectivity index (χ3v) is 5.01. The topological polar surface area (TPSA) is 50.7 Å². The Morgan fingerprint density at radius 2 is 1.72 bits per heavy atom. The van der Waals surface area contributed by atoms with Gasteiger partial charge >= 0.3 is 0 Å². The second-order valence-electron chi connectivity index (χ2n) is 4.74. The summed E-state index contributed by atoms with van der Waals surface area (Å²) in [5, 5.41) is 14.4. The summed E-state index contributed by atoms with van der Waals surface area (Å²) >= 11 is 3.32. The minimum Gasteiger partial charge on any atom is -0.363 e. The van der Waals surface area contributed by atoms with Crippen LogP contribution in [-0.4, -0.2) is 22.2 Å². The molecule has 0 bridgehead atoms. The van der Waals surface area contributed by atoms with Gasteiger partial charge in [-0.15, -0.1) is 21.5 Å². The van der Waals surface area contributed by atoms with Crippen molar-refractivity contribution in [3.05, 3.63) is 10.7 Å². The van der Waals surface area contributed by atoms with Crippen molar-refractivity contribution in [1.82, 2.24) is 15.2 Å². The van der Waals surface area contributed by atoms with Crippen molar-refractivity contribution in [2.45, 2.75) is 39.5 Å². The summed E-state index contributed by atoms with van der Waals surface area (Å²) in [6, 6.07) is 0. The summed E-state index contributed by atoms with van der Waals surface area (Å²) in [5.41, 5.74) is 1.14. The van der Waals surface area contributed by atoms with E-state index in [9.17, 15) is 0 Å². The normalized spacial score (nSPS) is 11.5. The Bertz CT molecular complexity index is 528. The molecule has 0 saturated carbocycles. The summed E-state index contributed by atoms with van der Waals surface area (Å²) in [5.74, 6) is 0.864. The zero-order chi connectivity index (χ0) is 13.3. The van der Waals surface area contributed by atoms with Crippen LogP contribution in [0.1, 0.15) is 50.2 Å². The van der Waals surface area contributed by atoms with Gasteiger partial charge in [-0.05, 0) is 5.92 Å². The Kier molecular flexibility index (Phi) is 3.97. The molecule has 2 rings (SSSR count). The molecule has 0 unspecified atom stereocenters. The predicted octanol–water partition coefficient (Wildman–Crippen LogP) is 3.95. The van der Waals surface area contributed by atoms with E-state index in [1.54, 1.807) is 22.7 Å². The molecule has 2 aromatic heterocycles. The number of nitrogens with zero attached hydrogens (tertiary/aromatic N) is 3. The van der Waals surface area contributed by atoms with E-state index in [0.717, 1.165) is 15.8 Å². The zero-order valence-corrected chi connectivity index (χ0v) is 12.9. The Morgan fingerprint density at radius 1 is 1.00 bits per heavy atom. The van der Waals surface area contributed by atoms with E-state index >= 15 is 0 Å². The average Bonchev–Trinajstić information content (AvgIpc) is 2.95. The second kappa shape index (κ2) is 5.32. The molecule has 2 heterocycles. The lowest BCUT2D eigenvalue weighted by molar-refractivity contribution is 0.793. The van der Waals surface area contributed by atoms with Crippen molar-refractivity contribution >= 4 is 27.8 Å². The second-order valence-corrected chi connectivity index (χ2v) is 6.75. The molecule has 0 fully saturated rings. The van der Waals surface area contributed by atoms with E-state index in [0.29, 0.717) is 11.8 Å². The van der Waals surface area contributed by atoms with Crippen LogP contribution in [0.15, 0.2) is 0 Å². The maximum atomic E-state index is 4.76. The van der Waals surface area contributed by atoms with Gasteiger partial charge < -0.3 is 5.32 Å². The summed E-state index contributed by atoms with van der Waals surface area (Å²) in [6.07, 6.45) is 0. The molecule has 0 atom stereocenters. The Morgan fingerprint density at radius 3 is 2.22 bits per heavy atom. The van der Waals surface area contributed by atoms with Crippen molar-refractivity contribution in [2.75, 3.05) is 12.4 Å². The molecule has 18 heavy (non-hydrogen) atoms. The molecule has 4 nitrogen and oxygen atoms in total. The highest BCUT2D eigenvalue weighted by atomic mass is 32.1. The number of hydrogen-bond acceptors (Lipinski definition) is 6. The molecule has 0 saturated heterocycles. The first kappa shape index (κ1) is 13.4. The lowest BCUT2D eigenvalue weighted by Crippen LogP contribution is -1.92. The van der Waals surface area contributed by atoms with Crippen molar-refractivity contribution in [2.24, 2.45) is 0 Å². The molecule has 0 aliphatic heterocycles. The standard InChI is InChI=1S/C12H18N4S2/c1-6(2)8-9(17-10(14-8)7(3)4)11-15-16-12(13-5)18-11/h6-7H,1-5H3,(H,13,16). The first-order valence-electron chi connectivity index (χ1n) is 6.05. The van der Waals surface area contributed by atoms with E-state index in [1.165, 1.54) is 9.88 Å². The minimum atomic E-state index is 0.408. The average molecular weight is 282 g/mol. The van der Waals surface area contributed by atoms with E-state index in [1.807, 2.05) is 7.05 Å². The molecule has 1 N–H and O–H groups in total. The first-order valence-corrected chi connectivity index (χ1v) is 7.68. The van der Waals surface area contributed by atoms with Crippen molar-refractivity contribution in [3.63, 3.8) is 0 Å². The summed E-state index contributed by atoms with van der Waals surface area (Å²) in [4.78, 5) is 5.93. The molecule has 0 amide bonds.